The Hall–Kier alpha value is -2.99. The van der Waals surface area contributed by atoms with E-state index in [-0.39, 0.29) is 5.88 Å². The zero-order chi connectivity index (χ0) is 17.4. The number of pyridine rings is 1. The van der Waals surface area contributed by atoms with Gasteiger partial charge in [-0.1, -0.05) is 18.2 Å². The van der Waals surface area contributed by atoms with Gasteiger partial charge in [-0.25, -0.2) is 9.97 Å². The van der Waals surface area contributed by atoms with Crippen molar-refractivity contribution in [2.45, 2.75) is 13.8 Å². The average Bonchev–Trinajstić information content (AvgIpc) is 3.04. The highest BCUT2D eigenvalue weighted by Gasteiger charge is 2.17. The van der Waals surface area contributed by atoms with E-state index in [1.165, 1.54) is 35.0 Å². The van der Waals surface area contributed by atoms with E-state index in [4.69, 9.17) is 4.74 Å². The van der Waals surface area contributed by atoms with E-state index in [1.54, 1.807) is 18.2 Å². The molecular weight excluding hydrogens is 334 g/mol. The number of rotatable bonds is 3. The van der Waals surface area contributed by atoms with Crippen molar-refractivity contribution in [3.8, 4) is 22.9 Å². The van der Waals surface area contributed by atoms with Crippen LogP contribution in [0, 0.1) is 19.1 Å². The quantitative estimate of drug-likeness (QED) is 0.406. The highest BCUT2D eigenvalue weighted by Crippen LogP contribution is 2.38. The summed E-state index contributed by atoms with van der Waals surface area (Å²) in [6.07, 6.45) is 2.85. The van der Waals surface area contributed by atoms with Gasteiger partial charge >= 0.3 is 5.88 Å². The zero-order valence-electron chi connectivity index (χ0n) is 13.8. The van der Waals surface area contributed by atoms with Crippen LogP contribution in [0.4, 0.5) is 0 Å². The monoisotopic (exact) mass is 349 g/mol. The molecule has 0 aliphatic carbocycles. The summed E-state index contributed by atoms with van der Waals surface area (Å²) in [5, 5.41) is 14.8. The molecule has 0 saturated carbocycles. The molecule has 0 bridgehead atoms. The Labute approximate surface area is 148 Å². The van der Waals surface area contributed by atoms with Crippen LogP contribution >= 0.6 is 11.3 Å². The number of aryl methyl sites for hydroxylation is 2. The predicted octanol–water partition coefficient (Wildman–Crippen LogP) is 4.40. The molecule has 0 N–H and O–H groups in total. The first kappa shape index (κ1) is 15.5. The summed E-state index contributed by atoms with van der Waals surface area (Å²) < 4.78 is 6.48. The smallest absolute Gasteiger partial charge is 0.386 e. The number of hydrogen-bond acceptors (Lipinski definition) is 5. The van der Waals surface area contributed by atoms with E-state index < -0.39 is 0 Å². The Balaban J connectivity index is 1.87. The van der Waals surface area contributed by atoms with Gasteiger partial charge < -0.3 is 9.94 Å². The van der Waals surface area contributed by atoms with Gasteiger partial charge in [-0.2, -0.15) is 0 Å². The number of fused-ring (bicyclic) bond motifs is 1. The van der Waals surface area contributed by atoms with Gasteiger partial charge in [0.1, 0.15) is 11.2 Å². The molecular formula is C19H15N3O2S. The van der Waals surface area contributed by atoms with E-state index >= 15 is 0 Å². The van der Waals surface area contributed by atoms with Crippen LogP contribution in [-0.2, 0) is 0 Å². The first-order valence-electron chi connectivity index (χ1n) is 7.79. The van der Waals surface area contributed by atoms with Gasteiger partial charge in [0.05, 0.1) is 11.5 Å². The van der Waals surface area contributed by atoms with Crippen molar-refractivity contribution in [3.63, 3.8) is 0 Å². The molecule has 5 nitrogen and oxygen atoms in total. The van der Waals surface area contributed by atoms with Crippen molar-refractivity contribution >= 4 is 21.6 Å². The lowest BCUT2D eigenvalue weighted by Crippen LogP contribution is -2.26. The Morgan fingerprint density at radius 1 is 1.08 bits per heavy atom. The van der Waals surface area contributed by atoms with Crippen LogP contribution in [0.25, 0.3) is 21.3 Å². The zero-order valence-corrected chi connectivity index (χ0v) is 14.6. The summed E-state index contributed by atoms with van der Waals surface area (Å²) in [5.41, 5.74) is 4.55. The molecule has 3 heterocycles. The number of nitrogens with zero attached hydrogens (tertiary/aromatic N) is 3. The standard InChI is InChI=1S/C19H15N3O2S/c1-12-6-7-14(9-13(12)2)15-10-25-19-17(15)18(20-11-21-19)24-16-5-3-4-8-22(16)23/h3-11H,1-2H3. The Morgan fingerprint density at radius 2 is 1.96 bits per heavy atom. The lowest BCUT2D eigenvalue weighted by Gasteiger charge is -2.08. The Morgan fingerprint density at radius 3 is 2.76 bits per heavy atom. The van der Waals surface area contributed by atoms with Crippen molar-refractivity contribution in [2.75, 3.05) is 0 Å². The van der Waals surface area contributed by atoms with Crippen LogP contribution in [0.3, 0.4) is 0 Å². The minimum Gasteiger partial charge on any atom is -0.616 e. The lowest BCUT2D eigenvalue weighted by molar-refractivity contribution is -0.611. The summed E-state index contributed by atoms with van der Waals surface area (Å²) in [6.45, 7) is 4.18. The molecule has 0 aliphatic heterocycles. The van der Waals surface area contributed by atoms with Crippen molar-refractivity contribution in [2.24, 2.45) is 0 Å². The Bertz CT molecular complexity index is 1080. The minimum absolute atomic E-state index is 0.180. The summed E-state index contributed by atoms with van der Waals surface area (Å²) in [6, 6.07) is 11.3. The fraction of sp³-hybridized carbons (Fsp3) is 0.105. The molecule has 0 amide bonds. The van der Waals surface area contributed by atoms with Gasteiger partial charge in [0.2, 0.25) is 5.88 Å². The number of ether oxygens (including phenoxy) is 1. The van der Waals surface area contributed by atoms with Crippen LogP contribution in [-0.4, -0.2) is 9.97 Å². The molecule has 0 atom stereocenters. The van der Waals surface area contributed by atoms with Gasteiger partial charge in [-0.15, -0.1) is 16.1 Å². The average molecular weight is 349 g/mol. The van der Waals surface area contributed by atoms with Crippen molar-refractivity contribution in [3.05, 3.63) is 70.6 Å². The number of hydrogen-bond donors (Lipinski definition) is 0. The molecule has 0 radical (unpaired) electrons. The Kier molecular flexibility index (Phi) is 3.82. The topological polar surface area (TPSA) is 62.0 Å². The molecule has 4 rings (SSSR count). The number of thiophene rings is 1. The van der Waals surface area contributed by atoms with E-state index in [0.29, 0.717) is 10.6 Å². The molecule has 6 heteroatoms. The van der Waals surface area contributed by atoms with Gasteiger partial charge in [0.25, 0.3) is 0 Å². The summed E-state index contributed by atoms with van der Waals surface area (Å²) in [7, 11) is 0. The molecule has 1 aromatic carbocycles. The largest absolute Gasteiger partial charge is 0.616 e. The van der Waals surface area contributed by atoms with Crippen LogP contribution in [0.1, 0.15) is 11.1 Å². The van der Waals surface area contributed by atoms with E-state index in [9.17, 15) is 5.21 Å². The van der Waals surface area contributed by atoms with Crippen molar-refractivity contribution < 1.29 is 9.47 Å². The molecule has 0 unspecified atom stereocenters. The molecule has 0 saturated heterocycles. The van der Waals surface area contributed by atoms with Crippen molar-refractivity contribution in [1.82, 2.24) is 9.97 Å². The first-order chi connectivity index (χ1) is 12.1. The summed E-state index contributed by atoms with van der Waals surface area (Å²) in [4.78, 5) is 9.42. The molecule has 3 aromatic heterocycles. The minimum atomic E-state index is 0.180. The van der Waals surface area contributed by atoms with Gasteiger partial charge in [0.15, 0.2) is 6.20 Å². The van der Waals surface area contributed by atoms with Gasteiger partial charge in [-0.05, 0) is 36.6 Å². The third kappa shape index (κ3) is 2.81. The maximum absolute atomic E-state index is 11.9. The van der Waals surface area contributed by atoms with Crippen LogP contribution in [0.2, 0.25) is 0 Å². The molecule has 0 spiro atoms. The predicted molar refractivity (Wildman–Crippen MR) is 97.8 cm³/mol. The van der Waals surface area contributed by atoms with E-state index in [1.807, 2.05) is 5.38 Å². The van der Waals surface area contributed by atoms with Crippen molar-refractivity contribution in [1.29, 1.82) is 0 Å². The SMILES string of the molecule is Cc1ccc(-c2csc3ncnc(Oc4cccc[n+]4[O-])c23)cc1C. The number of benzene rings is 1. The van der Waals surface area contributed by atoms with Crippen LogP contribution < -0.4 is 9.47 Å². The van der Waals surface area contributed by atoms with Gasteiger partial charge in [0, 0.05) is 17.0 Å². The highest BCUT2D eigenvalue weighted by atomic mass is 32.1. The maximum Gasteiger partial charge on any atom is 0.386 e. The second kappa shape index (κ2) is 6.14. The van der Waals surface area contributed by atoms with Crippen LogP contribution in [0.5, 0.6) is 11.8 Å². The second-order valence-corrected chi connectivity index (χ2v) is 6.63. The van der Waals surface area contributed by atoms with Crippen LogP contribution in [0.15, 0.2) is 54.3 Å². The normalized spacial score (nSPS) is 11.0. The molecule has 0 aliphatic rings. The van der Waals surface area contributed by atoms with Gasteiger partial charge in [-0.3, -0.25) is 0 Å². The van der Waals surface area contributed by atoms with E-state index in [0.717, 1.165) is 21.3 Å². The fourth-order valence-electron chi connectivity index (χ4n) is 2.64. The molecule has 25 heavy (non-hydrogen) atoms. The maximum atomic E-state index is 11.9. The van der Waals surface area contributed by atoms with E-state index in [2.05, 4.69) is 42.0 Å². The third-order valence-corrected chi connectivity index (χ3v) is 5.03. The molecule has 0 fully saturated rings. The fourth-order valence-corrected chi connectivity index (χ4v) is 3.54. The second-order valence-electron chi connectivity index (χ2n) is 5.77. The molecule has 4 aromatic rings. The highest BCUT2D eigenvalue weighted by molar-refractivity contribution is 7.17. The third-order valence-electron chi connectivity index (χ3n) is 4.14. The summed E-state index contributed by atoms with van der Waals surface area (Å²) in [5.74, 6) is 0.565. The lowest BCUT2D eigenvalue weighted by atomic mass is 10.0. The number of aromatic nitrogens is 3. The molecule has 124 valence electrons. The first-order valence-corrected chi connectivity index (χ1v) is 8.67. The summed E-state index contributed by atoms with van der Waals surface area (Å²) >= 11 is 1.53.